The van der Waals surface area contributed by atoms with E-state index >= 15 is 0 Å². The summed E-state index contributed by atoms with van der Waals surface area (Å²) >= 11 is 2.08. The van der Waals surface area contributed by atoms with Crippen molar-refractivity contribution in [1.29, 1.82) is 0 Å². The van der Waals surface area contributed by atoms with Crippen molar-refractivity contribution >= 4 is 28.4 Å². The van der Waals surface area contributed by atoms with Gasteiger partial charge in [0, 0.05) is 12.4 Å². The zero-order chi connectivity index (χ0) is 10.8. The Hall–Kier alpha value is -1.31. The molecule has 0 spiro atoms. The van der Waals surface area contributed by atoms with Gasteiger partial charge in [-0.25, -0.2) is 19.9 Å². The highest BCUT2D eigenvalue weighted by molar-refractivity contribution is 14.1. The molecule has 0 aliphatic rings. The van der Waals surface area contributed by atoms with Crippen LogP contribution in [0.25, 0.3) is 11.5 Å². The van der Waals surface area contributed by atoms with E-state index in [0.29, 0.717) is 23.2 Å². The maximum atomic E-state index is 5.69. The molecular weight excluding hydrogens is 305 g/mol. The number of nitrogens with two attached hydrogens (primary N) is 1. The van der Waals surface area contributed by atoms with Crippen molar-refractivity contribution in [2.45, 2.75) is 6.92 Å². The van der Waals surface area contributed by atoms with Crippen LogP contribution in [-0.4, -0.2) is 19.9 Å². The largest absolute Gasteiger partial charge is 0.383 e. The molecule has 2 rings (SSSR count). The van der Waals surface area contributed by atoms with Crippen molar-refractivity contribution < 1.29 is 0 Å². The highest BCUT2D eigenvalue weighted by Crippen LogP contribution is 2.16. The van der Waals surface area contributed by atoms with Crippen LogP contribution < -0.4 is 5.73 Å². The minimum absolute atomic E-state index is 0.469. The van der Waals surface area contributed by atoms with Crippen LogP contribution in [0.1, 0.15) is 5.82 Å². The van der Waals surface area contributed by atoms with Crippen molar-refractivity contribution in [2.24, 2.45) is 0 Å². The molecule has 0 aliphatic carbocycles. The van der Waals surface area contributed by atoms with Crippen molar-refractivity contribution in [3.05, 3.63) is 27.9 Å². The van der Waals surface area contributed by atoms with E-state index in [0.717, 1.165) is 3.57 Å². The average molecular weight is 313 g/mol. The zero-order valence-electron chi connectivity index (χ0n) is 7.98. The Kier molecular flexibility index (Phi) is 2.76. The van der Waals surface area contributed by atoms with Gasteiger partial charge in [0.25, 0.3) is 0 Å². The molecule has 0 fully saturated rings. The van der Waals surface area contributed by atoms with E-state index < -0.39 is 0 Å². The Balaban J connectivity index is 2.50. The molecule has 2 heterocycles. The number of anilines is 1. The van der Waals surface area contributed by atoms with Gasteiger partial charge < -0.3 is 5.73 Å². The number of halogens is 1. The van der Waals surface area contributed by atoms with E-state index in [9.17, 15) is 0 Å². The van der Waals surface area contributed by atoms with Gasteiger partial charge in [-0.05, 0) is 35.6 Å². The number of rotatable bonds is 1. The van der Waals surface area contributed by atoms with E-state index in [1.54, 1.807) is 18.5 Å². The van der Waals surface area contributed by atoms with E-state index in [4.69, 9.17) is 5.73 Å². The molecule has 15 heavy (non-hydrogen) atoms. The second kappa shape index (κ2) is 4.05. The first kappa shape index (κ1) is 10.2. The molecule has 6 heteroatoms. The Morgan fingerprint density at radius 1 is 1.27 bits per heavy atom. The number of hydrogen-bond acceptors (Lipinski definition) is 5. The second-order valence-electron chi connectivity index (χ2n) is 2.92. The summed E-state index contributed by atoms with van der Waals surface area (Å²) in [6.07, 6.45) is 3.35. The fraction of sp³-hybridized carbons (Fsp3) is 0.111. The van der Waals surface area contributed by atoms with E-state index in [1.165, 1.54) is 0 Å². The quantitative estimate of drug-likeness (QED) is 0.806. The van der Waals surface area contributed by atoms with Gasteiger partial charge in [0.15, 0.2) is 5.82 Å². The number of nitrogen functional groups attached to an aromatic ring is 1. The number of nitrogens with zero attached hydrogens (tertiary/aromatic N) is 4. The summed E-state index contributed by atoms with van der Waals surface area (Å²) in [5.74, 6) is 1.68. The molecule has 0 bridgehead atoms. The minimum atomic E-state index is 0.469. The summed E-state index contributed by atoms with van der Waals surface area (Å²) in [6.45, 7) is 1.82. The molecule has 0 amide bonds. The lowest BCUT2D eigenvalue weighted by molar-refractivity contribution is 1.03. The molecule has 2 aromatic heterocycles. The highest BCUT2D eigenvalue weighted by atomic mass is 127. The van der Waals surface area contributed by atoms with Crippen LogP contribution in [0.15, 0.2) is 18.5 Å². The predicted octanol–water partition coefficient (Wildman–Crippen LogP) is 1.43. The van der Waals surface area contributed by atoms with E-state index in [2.05, 4.69) is 42.5 Å². The summed E-state index contributed by atoms with van der Waals surface area (Å²) < 4.78 is 0.835. The third kappa shape index (κ3) is 2.20. The Morgan fingerprint density at radius 3 is 2.73 bits per heavy atom. The predicted molar refractivity (Wildman–Crippen MR) is 64.9 cm³/mol. The standard InChI is InChI=1S/C9H8IN5/c1-5-12-3-2-7(14-5)9-13-4-6(10)8(11)15-9/h2-4H,1H3,(H2,11,13,15). The van der Waals surface area contributed by atoms with E-state index in [-0.39, 0.29) is 0 Å². The van der Waals surface area contributed by atoms with Crippen LogP contribution in [0.3, 0.4) is 0 Å². The summed E-state index contributed by atoms with van der Waals surface area (Å²) in [6, 6.07) is 1.76. The average Bonchev–Trinajstić information content (AvgIpc) is 2.22. The fourth-order valence-electron chi connectivity index (χ4n) is 1.08. The van der Waals surface area contributed by atoms with Crippen molar-refractivity contribution in [1.82, 2.24) is 19.9 Å². The van der Waals surface area contributed by atoms with Gasteiger partial charge in [0.1, 0.15) is 17.3 Å². The lowest BCUT2D eigenvalue weighted by Crippen LogP contribution is -2.00. The molecule has 0 atom stereocenters. The molecular formula is C9H8IN5. The Morgan fingerprint density at radius 2 is 2.07 bits per heavy atom. The lowest BCUT2D eigenvalue weighted by Gasteiger charge is -2.01. The van der Waals surface area contributed by atoms with Gasteiger partial charge in [-0.15, -0.1) is 0 Å². The van der Waals surface area contributed by atoms with Gasteiger partial charge in [-0.2, -0.15) is 0 Å². The topological polar surface area (TPSA) is 77.6 Å². The molecule has 0 aliphatic heterocycles. The summed E-state index contributed by atoms with van der Waals surface area (Å²) in [7, 11) is 0. The monoisotopic (exact) mass is 313 g/mol. The summed E-state index contributed by atoms with van der Waals surface area (Å²) in [4.78, 5) is 16.5. The molecule has 2 N–H and O–H groups in total. The van der Waals surface area contributed by atoms with Crippen LogP contribution in [-0.2, 0) is 0 Å². The van der Waals surface area contributed by atoms with Crippen LogP contribution >= 0.6 is 22.6 Å². The summed E-state index contributed by atoms with van der Waals surface area (Å²) in [5.41, 5.74) is 6.38. The number of aromatic nitrogens is 4. The van der Waals surface area contributed by atoms with Crippen molar-refractivity contribution in [3.8, 4) is 11.5 Å². The molecule has 2 aromatic rings. The zero-order valence-corrected chi connectivity index (χ0v) is 10.1. The fourth-order valence-corrected chi connectivity index (χ4v) is 1.34. The molecule has 5 nitrogen and oxygen atoms in total. The first-order valence-electron chi connectivity index (χ1n) is 4.25. The van der Waals surface area contributed by atoms with Crippen molar-refractivity contribution in [2.75, 3.05) is 5.73 Å². The number of hydrogen-bond donors (Lipinski definition) is 1. The molecule has 76 valence electrons. The van der Waals surface area contributed by atoms with Gasteiger partial charge in [-0.1, -0.05) is 0 Å². The first-order valence-corrected chi connectivity index (χ1v) is 5.33. The second-order valence-corrected chi connectivity index (χ2v) is 4.08. The van der Waals surface area contributed by atoms with Gasteiger partial charge in [0.2, 0.25) is 0 Å². The Bertz CT molecular complexity index is 500. The van der Waals surface area contributed by atoms with Gasteiger partial charge in [-0.3, -0.25) is 0 Å². The third-order valence-electron chi connectivity index (χ3n) is 1.78. The van der Waals surface area contributed by atoms with Gasteiger partial charge in [0.05, 0.1) is 3.57 Å². The van der Waals surface area contributed by atoms with E-state index in [1.807, 2.05) is 6.92 Å². The van der Waals surface area contributed by atoms with Crippen molar-refractivity contribution in [3.63, 3.8) is 0 Å². The van der Waals surface area contributed by atoms with Crippen LogP contribution in [0.5, 0.6) is 0 Å². The Labute approximate surface area is 100 Å². The number of aryl methyl sites for hydroxylation is 1. The smallest absolute Gasteiger partial charge is 0.180 e. The van der Waals surface area contributed by atoms with Crippen LogP contribution in [0.4, 0.5) is 5.82 Å². The molecule has 0 saturated heterocycles. The minimum Gasteiger partial charge on any atom is -0.383 e. The lowest BCUT2D eigenvalue weighted by atomic mass is 10.3. The molecule has 0 radical (unpaired) electrons. The molecule has 0 saturated carbocycles. The molecule has 0 unspecified atom stereocenters. The normalized spacial score (nSPS) is 10.3. The highest BCUT2D eigenvalue weighted by Gasteiger charge is 2.05. The van der Waals surface area contributed by atoms with Gasteiger partial charge >= 0.3 is 0 Å². The maximum Gasteiger partial charge on any atom is 0.180 e. The first-order chi connectivity index (χ1) is 7.16. The van der Waals surface area contributed by atoms with Crippen LogP contribution in [0, 0.1) is 10.5 Å². The molecule has 0 aromatic carbocycles. The SMILES string of the molecule is Cc1nccc(-c2ncc(I)c(N)n2)n1. The van der Waals surface area contributed by atoms with Crippen LogP contribution in [0.2, 0.25) is 0 Å². The maximum absolute atomic E-state index is 5.69. The summed E-state index contributed by atoms with van der Waals surface area (Å²) in [5, 5.41) is 0. The third-order valence-corrected chi connectivity index (χ3v) is 2.61.